The van der Waals surface area contributed by atoms with Crippen LogP contribution in [0.3, 0.4) is 0 Å². The van der Waals surface area contributed by atoms with E-state index >= 15 is 0 Å². The number of hydrogen-bond donors (Lipinski definition) is 3. The molecule has 0 spiro atoms. The van der Waals surface area contributed by atoms with E-state index in [1.165, 1.54) is 33.5 Å². The van der Waals surface area contributed by atoms with Crippen LogP contribution in [0.2, 0.25) is 0 Å². The van der Waals surface area contributed by atoms with Crippen LogP contribution in [0.15, 0.2) is 24.3 Å². The average Bonchev–Trinajstić information content (AvgIpc) is 3.09. The van der Waals surface area contributed by atoms with Crippen molar-refractivity contribution < 1.29 is 32.2 Å². The van der Waals surface area contributed by atoms with Crippen LogP contribution in [0.4, 0.5) is 30.6 Å². The molecule has 0 aliphatic heterocycles. The normalized spacial score (nSPS) is 11.3. The van der Waals surface area contributed by atoms with Crippen LogP contribution < -0.4 is 30.6 Å². The molecule has 1 amide bonds. The van der Waals surface area contributed by atoms with Gasteiger partial charge >= 0.3 is 12.1 Å². The number of ether oxygens (including phenoxy) is 3. The molecule has 0 saturated carbocycles. The zero-order valence-corrected chi connectivity index (χ0v) is 17.4. The number of carbonyl (C=O) groups is 1. The average molecular weight is 454 g/mol. The molecule has 4 N–H and O–H groups in total. The molecule has 0 radical (unpaired) electrons. The standard InChI is InChI=1S/C19H21F3N6O4/c1-30-12-8-10(9-13(31-2)15(12)32-3)24-18-25-11-4-5-14(27-17(29)19(20,21)22)26-16(11)28(18)7-6-23/h4-5,8-9H,6-7,23H2,1-3H3,(H,24,25)(H,26,27,29). The van der Waals surface area contributed by atoms with Crippen molar-refractivity contribution in [1.82, 2.24) is 14.5 Å². The first kappa shape index (κ1) is 22.9. The van der Waals surface area contributed by atoms with Gasteiger partial charge in [-0.3, -0.25) is 9.36 Å². The molecule has 10 nitrogen and oxygen atoms in total. The third kappa shape index (κ3) is 4.61. The quantitative estimate of drug-likeness (QED) is 0.474. The monoisotopic (exact) mass is 454 g/mol. The first-order valence-electron chi connectivity index (χ1n) is 9.24. The van der Waals surface area contributed by atoms with E-state index in [4.69, 9.17) is 19.9 Å². The summed E-state index contributed by atoms with van der Waals surface area (Å²) >= 11 is 0. The van der Waals surface area contributed by atoms with Crippen molar-refractivity contribution in [1.29, 1.82) is 0 Å². The van der Waals surface area contributed by atoms with E-state index in [1.54, 1.807) is 22.0 Å². The molecule has 32 heavy (non-hydrogen) atoms. The van der Waals surface area contributed by atoms with Gasteiger partial charge in [0.1, 0.15) is 11.3 Å². The van der Waals surface area contributed by atoms with E-state index < -0.39 is 12.1 Å². The van der Waals surface area contributed by atoms with E-state index in [0.717, 1.165) is 0 Å². The van der Waals surface area contributed by atoms with Crippen molar-refractivity contribution in [3.05, 3.63) is 24.3 Å². The number of alkyl halides is 3. The third-order valence-electron chi connectivity index (χ3n) is 4.36. The number of amides is 1. The number of halogens is 3. The minimum Gasteiger partial charge on any atom is -0.493 e. The topological polar surface area (TPSA) is 126 Å². The van der Waals surface area contributed by atoms with Gasteiger partial charge in [0.2, 0.25) is 11.7 Å². The number of imidazole rings is 1. The van der Waals surface area contributed by atoms with Gasteiger partial charge in [-0.15, -0.1) is 0 Å². The second-order valence-electron chi connectivity index (χ2n) is 6.41. The summed E-state index contributed by atoms with van der Waals surface area (Å²) in [6.45, 7) is 0.461. The molecule has 13 heteroatoms. The number of nitrogens with zero attached hydrogens (tertiary/aromatic N) is 3. The fraction of sp³-hybridized carbons (Fsp3) is 0.316. The molecule has 0 unspecified atom stereocenters. The molecule has 0 aliphatic carbocycles. The molecule has 0 fully saturated rings. The molecule has 0 aliphatic rings. The number of anilines is 3. The smallest absolute Gasteiger partial charge is 0.471 e. The second-order valence-corrected chi connectivity index (χ2v) is 6.41. The molecule has 0 bridgehead atoms. The number of fused-ring (bicyclic) bond motifs is 1. The number of carbonyl (C=O) groups excluding carboxylic acids is 1. The summed E-state index contributed by atoms with van der Waals surface area (Å²) in [6.07, 6.45) is -5.03. The molecule has 1 aromatic carbocycles. The Morgan fingerprint density at radius 3 is 2.28 bits per heavy atom. The van der Waals surface area contributed by atoms with Crippen molar-refractivity contribution in [2.24, 2.45) is 5.73 Å². The number of pyridine rings is 1. The predicted molar refractivity (Wildman–Crippen MR) is 111 cm³/mol. The first-order valence-corrected chi connectivity index (χ1v) is 9.24. The lowest BCUT2D eigenvalue weighted by Crippen LogP contribution is -2.30. The van der Waals surface area contributed by atoms with E-state index in [2.05, 4.69) is 15.3 Å². The third-order valence-corrected chi connectivity index (χ3v) is 4.36. The summed E-state index contributed by atoms with van der Waals surface area (Å²) in [5.41, 5.74) is 6.87. The molecular formula is C19H21F3N6O4. The molecule has 3 rings (SSSR count). The molecule has 172 valence electrons. The van der Waals surface area contributed by atoms with Crippen molar-refractivity contribution in [3.63, 3.8) is 0 Å². The molecule has 3 aromatic rings. The Balaban J connectivity index is 2.02. The van der Waals surface area contributed by atoms with Gasteiger partial charge < -0.3 is 30.6 Å². The van der Waals surface area contributed by atoms with Crippen LogP contribution in [0, 0.1) is 0 Å². The van der Waals surface area contributed by atoms with Gasteiger partial charge in [-0.1, -0.05) is 0 Å². The van der Waals surface area contributed by atoms with Gasteiger partial charge in [0.15, 0.2) is 17.1 Å². The van der Waals surface area contributed by atoms with E-state index in [1.807, 2.05) is 0 Å². The molecular weight excluding hydrogens is 433 g/mol. The van der Waals surface area contributed by atoms with Crippen LogP contribution in [0.1, 0.15) is 0 Å². The maximum absolute atomic E-state index is 12.6. The maximum atomic E-state index is 12.6. The summed E-state index contributed by atoms with van der Waals surface area (Å²) < 4.78 is 55.2. The van der Waals surface area contributed by atoms with Crippen LogP contribution in [-0.2, 0) is 11.3 Å². The highest BCUT2D eigenvalue weighted by atomic mass is 19.4. The minimum atomic E-state index is -5.03. The highest BCUT2D eigenvalue weighted by Crippen LogP contribution is 2.40. The number of nitrogens with two attached hydrogens (primary N) is 1. The Bertz CT molecular complexity index is 1110. The number of hydrogen-bond acceptors (Lipinski definition) is 8. The Morgan fingerprint density at radius 1 is 1.09 bits per heavy atom. The summed E-state index contributed by atoms with van der Waals surface area (Å²) in [6, 6.07) is 6.00. The Hall–Kier alpha value is -3.74. The van der Waals surface area contributed by atoms with Gasteiger partial charge in [0.25, 0.3) is 0 Å². The van der Waals surface area contributed by atoms with Gasteiger partial charge in [-0.2, -0.15) is 13.2 Å². The number of nitrogens with one attached hydrogen (secondary N) is 2. The first-order chi connectivity index (χ1) is 15.2. The highest BCUT2D eigenvalue weighted by molar-refractivity contribution is 5.95. The molecule has 2 heterocycles. The van der Waals surface area contributed by atoms with Crippen LogP contribution in [0.25, 0.3) is 11.2 Å². The Kier molecular flexibility index (Phi) is 6.58. The second kappa shape index (κ2) is 9.18. The fourth-order valence-corrected chi connectivity index (χ4v) is 2.98. The zero-order chi connectivity index (χ0) is 23.5. The zero-order valence-electron chi connectivity index (χ0n) is 17.4. The van der Waals surface area contributed by atoms with Gasteiger partial charge in [0.05, 0.1) is 21.3 Å². The number of benzene rings is 1. The fourth-order valence-electron chi connectivity index (χ4n) is 2.98. The number of rotatable bonds is 8. The van der Waals surface area contributed by atoms with Crippen molar-refractivity contribution in [2.75, 3.05) is 38.5 Å². The summed E-state index contributed by atoms with van der Waals surface area (Å²) in [5, 5.41) is 4.84. The maximum Gasteiger partial charge on any atom is 0.471 e. The lowest BCUT2D eigenvalue weighted by Gasteiger charge is -2.15. The lowest BCUT2D eigenvalue weighted by atomic mass is 10.2. The van der Waals surface area contributed by atoms with E-state index in [0.29, 0.717) is 34.4 Å². The largest absolute Gasteiger partial charge is 0.493 e. The van der Waals surface area contributed by atoms with Crippen molar-refractivity contribution >= 4 is 34.5 Å². The van der Waals surface area contributed by atoms with Crippen molar-refractivity contribution in [3.8, 4) is 17.2 Å². The summed E-state index contributed by atoms with van der Waals surface area (Å²) in [7, 11) is 4.44. The van der Waals surface area contributed by atoms with Crippen molar-refractivity contribution in [2.45, 2.75) is 12.7 Å². The summed E-state index contributed by atoms with van der Waals surface area (Å²) in [4.78, 5) is 19.8. The Morgan fingerprint density at radius 2 is 1.75 bits per heavy atom. The SMILES string of the molecule is COc1cc(Nc2nc3ccc(NC(=O)C(F)(F)F)nc3n2CCN)cc(OC)c1OC. The van der Waals surface area contributed by atoms with Crippen LogP contribution in [0.5, 0.6) is 17.2 Å². The minimum absolute atomic E-state index is 0.205. The summed E-state index contributed by atoms with van der Waals surface area (Å²) in [5.74, 6) is -0.839. The van der Waals surface area contributed by atoms with Crippen LogP contribution in [-0.4, -0.2) is 54.5 Å². The van der Waals surface area contributed by atoms with E-state index in [9.17, 15) is 18.0 Å². The molecule has 2 aromatic heterocycles. The van der Waals surface area contributed by atoms with Gasteiger partial charge in [-0.25, -0.2) is 9.97 Å². The highest BCUT2D eigenvalue weighted by Gasteiger charge is 2.39. The molecule has 0 saturated heterocycles. The lowest BCUT2D eigenvalue weighted by molar-refractivity contribution is -0.167. The van der Waals surface area contributed by atoms with Crippen LogP contribution >= 0.6 is 0 Å². The number of methoxy groups -OCH3 is 3. The predicted octanol–water partition coefficient (Wildman–Crippen LogP) is 2.66. The Labute approximate surface area is 180 Å². The number of aromatic nitrogens is 3. The van der Waals surface area contributed by atoms with Gasteiger partial charge in [0, 0.05) is 30.9 Å². The van der Waals surface area contributed by atoms with E-state index in [-0.39, 0.29) is 24.6 Å². The molecule has 0 atom stereocenters. The van der Waals surface area contributed by atoms with Gasteiger partial charge in [-0.05, 0) is 12.1 Å².